The second-order valence-corrected chi connectivity index (χ2v) is 4.28. The lowest BCUT2D eigenvalue weighted by atomic mass is 9.63. The van der Waals surface area contributed by atoms with Gasteiger partial charge in [-0.15, -0.1) is 0 Å². The summed E-state index contributed by atoms with van der Waals surface area (Å²) in [5.74, 6) is -9.12. The van der Waals surface area contributed by atoms with Gasteiger partial charge in [0.15, 0.2) is 5.41 Å². The van der Waals surface area contributed by atoms with Gasteiger partial charge in [-0.1, -0.05) is 0 Å². The Morgan fingerprint density at radius 1 is 0.889 bits per heavy atom. The molecule has 8 heteroatoms. The summed E-state index contributed by atoms with van der Waals surface area (Å²) in [4.78, 5) is 44.0. The fraction of sp³-hybridized carbons (Fsp3) is 0.600. The van der Waals surface area contributed by atoms with Crippen molar-refractivity contribution in [2.45, 2.75) is 19.3 Å². The second kappa shape index (κ2) is 4.63. The molecule has 100 valence electrons. The van der Waals surface area contributed by atoms with Crippen LogP contribution in [0.4, 0.5) is 0 Å². The Morgan fingerprint density at radius 2 is 1.39 bits per heavy atom. The first-order valence-electron chi connectivity index (χ1n) is 5.16. The molecule has 0 aliphatic heterocycles. The first-order valence-corrected chi connectivity index (χ1v) is 5.16. The molecule has 0 saturated heterocycles. The lowest BCUT2D eigenvalue weighted by molar-refractivity contribution is -0.182. The van der Waals surface area contributed by atoms with Crippen molar-refractivity contribution in [3.05, 3.63) is 0 Å². The summed E-state index contributed by atoms with van der Waals surface area (Å²) >= 11 is 0. The Hall–Kier alpha value is -2.12. The predicted octanol–water partition coefficient (Wildman–Crippen LogP) is -0.273. The Bertz CT molecular complexity index is 398. The molecular formula is C10H12O8. The number of carboxylic acid groups (broad SMARTS) is 4. The van der Waals surface area contributed by atoms with Crippen molar-refractivity contribution in [2.75, 3.05) is 0 Å². The molecule has 1 aliphatic rings. The molecule has 1 saturated carbocycles. The number of hydrogen-bond acceptors (Lipinski definition) is 4. The summed E-state index contributed by atoms with van der Waals surface area (Å²) in [6.45, 7) is 0. The minimum Gasteiger partial charge on any atom is -0.481 e. The second-order valence-electron chi connectivity index (χ2n) is 4.28. The standard InChI is InChI=1S/C10H12O8/c11-6(12)4-1-2-10(8(15)16,9(17)18)5(3-4)7(13)14/h4-5H,1-3H2,(H,11,12)(H,13,14)(H,15,16)(H,17,18). The van der Waals surface area contributed by atoms with E-state index < -0.39 is 54.0 Å². The van der Waals surface area contributed by atoms with E-state index in [1.54, 1.807) is 0 Å². The van der Waals surface area contributed by atoms with Crippen LogP contribution in [-0.4, -0.2) is 44.3 Å². The van der Waals surface area contributed by atoms with Gasteiger partial charge in [0.05, 0.1) is 11.8 Å². The summed E-state index contributed by atoms with van der Waals surface area (Å²) in [7, 11) is 0. The molecule has 0 spiro atoms. The number of aliphatic carboxylic acids is 4. The van der Waals surface area contributed by atoms with E-state index in [1.807, 2.05) is 0 Å². The smallest absolute Gasteiger partial charge is 0.321 e. The van der Waals surface area contributed by atoms with Gasteiger partial charge in [0.1, 0.15) is 0 Å². The topological polar surface area (TPSA) is 149 Å². The van der Waals surface area contributed by atoms with Crippen LogP contribution in [-0.2, 0) is 19.2 Å². The van der Waals surface area contributed by atoms with Gasteiger partial charge >= 0.3 is 23.9 Å². The Morgan fingerprint density at radius 3 is 1.72 bits per heavy atom. The third kappa shape index (κ3) is 2.01. The average Bonchev–Trinajstić information content (AvgIpc) is 2.26. The maximum Gasteiger partial charge on any atom is 0.321 e. The third-order valence-corrected chi connectivity index (χ3v) is 3.41. The molecule has 0 amide bonds. The summed E-state index contributed by atoms with van der Waals surface area (Å²) in [5.41, 5.74) is -2.45. The van der Waals surface area contributed by atoms with Crippen LogP contribution in [0.1, 0.15) is 19.3 Å². The summed E-state index contributed by atoms with van der Waals surface area (Å²) in [5, 5.41) is 35.8. The monoisotopic (exact) mass is 260 g/mol. The van der Waals surface area contributed by atoms with E-state index in [9.17, 15) is 19.2 Å². The zero-order valence-corrected chi connectivity index (χ0v) is 9.20. The number of rotatable bonds is 4. The van der Waals surface area contributed by atoms with E-state index in [2.05, 4.69) is 0 Å². The van der Waals surface area contributed by atoms with Crippen molar-refractivity contribution in [1.29, 1.82) is 0 Å². The van der Waals surface area contributed by atoms with Crippen molar-refractivity contribution < 1.29 is 39.6 Å². The highest BCUT2D eigenvalue weighted by Crippen LogP contribution is 2.44. The minimum atomic E-state index is -2.45. The minimum absolute atomic E-state index is 0.169. The van der Waals surface area contributed by atoms with Crippen LogP contribution in [0, 0.1) is 17.3 Å². The van der Waals surface area contributed by atoms with Crippen molar-refractivity contribution in [3.8, 4) is 0 Å². The van der Waals surface area contributed by atoms with Gasteiger partial charge in [-0.3, -0.25) is 19.2 Å². The van der Waals surface area contributed by atoms with Crippen molar-refractivity contribution in [2.24, 2.45) is 17.3 Å². The highest BCUT2D eigenvalue weighted by molar-refractivity contribution is 6.02. The van der Waals surface area contributed by atoms with E-state index in [0.29, 0.717) is 0 Å². The van der Waals surface area contributed by atoms with Crippen LogP contribution in [0.2, 0.25) is 0 Å². The van der Waals surface area contributed by atoms with Crippen LogP contribution in [0.3, 0.4) is 0 Å². The van der Waals surface area contributed by atoms with Gasteiger partial charge in [-0.2, -0.15) is 0 Å². The van der Waals surface area contributed by atoms with Crippen LogP contribution < -0.4 is 0 Å². The molecule has 0 radical (unpaired) electrons. The van der Waals surface area contributed by atoms with Crippen molar-refractivity contribution >= 4 is 23.9 Å². The molecule has 0 heterocycles. The highest BCUT2D eigenvalue weighted by atomic mass is 16.4. The SMILES string of the molecule is O=C(O)C1CCC(C(=O)O)(C(=O)O)C(C(=O)O)C1. The average molecular weight is 260 g/mol. The number of carboxylic acids is 4. The fourth-order valence-corrected chi connectivity index (χ4v) is 2.32. The summed E-state index contributed by atoms with van der Waals surface area (Å²) < 4.78 is 0. The summed E-state index contributed by atoms with van der Waals surface area (Å²) in [6.07, 6.45) is -1.17. The van der Waals surface area contributed by atoms with E-state index in [4.69, 9.17) is 20.4 Å². The zero-order chi connectivity index (χ0) is 14.1. The van der Waals surface area contributed by atoms with E-state index in [0.717, 1.165) is 0 Å². The van der Waals surface area contributed by atoms with E-state index in [-0.39, 0.29) is 6.42 Å². The maximum atomic E-state index is 11.1. The van der Waals surface area contributed by atoms with Gasteiger partial charge in [0.2, 0.25) is 0 Å². The van der Waals surface area contributed by atoms with Gasteiger partial charge in [0.25, 0.3) is 0 Å². The van der Waals surface area contributed by atoms with E-state index >= 15 is 0 Å². The van der Waals surface area contributed by atoms with Gasteiger partial charge in [-0.05, 0) is 19.3 Å². The van der Waals surface area contributed by atoms with Gasteiger partial charge in [-0.25, -0.2) is 0 Å². The first-order chi connectivity index (χ1) is 8.23. The Kier molecular flexibility index (Phi) is 3.59. The molecule has 18 heavy (non-hydrogen) atoms. The molecule has 1 aliphatic carbocycles. The van der Waals surface area contributed by atoms with Crippen LogP contribution in [0.25, 0.3) is 0 Å². The Labute approximate surface area is 101 Å². The maximum absolute atomic E-state index is 11.1. The van der Waals surface area contributed by atoms with Crippen molar-refractivity contribution in [3.63, 3.8) is 0 Å². The molecule has 1 fully saturated rings. The fourth-order valence-electron chi connectivity index (χ4n) is 2.32. The molecule has 8 nitrogen and oxygen atoms in total. The third-order valence-electron chi connectivity index (χ3n) is 3.41. The molecule has 1 rings (SSSR count). The van der Waals surface area contributed by atoms with E-state index in [1.165, 1.54) is 0 Å². The largest absolute Gasteiger partial charge is 0.481 e. The predicted molar refractivity (Wildman–Crippen MR) is 53.8 cm³/mol. The molecule has 2 unspecified atom stereocenters. The number of hydrogen-bond donors (Lipinski definition) is 4. The first kappa shape index (κ1) is 13.9. The molecule has 0 aromatic rings. The molecule has 4 N–H and O–H groups in total. The van der Waals surface area contributed by atoms with Crippen LogP contribution in [0.5, 0.6) is 0 Å². The highest BCUT2D eigenvalue weighted by Gasteiger charge is 2.59. The number of carbonyl (C=O) groups is 4. The molecule has 0 aromatic carbocycles. The van der Waals surface area contributed by atoms with Crippen LogP contribution in [0.15, 0.2) is 0 Å². The Balaban J connectivity index is 3.19. The van der Waals surface area contributed by atoms with Gasteiger partial charge < -0.3 is 20.4 Å². The van der Waals surface area contributed by atoms with Crippen LogP contribution >= 0.6 is 0 Å². The quantitative estimate of drug-likeness (QED) is 0.504. The molecular weight excluding hydrogens is 248 g/mol. The normalized spacial score (nSPS) is 26.2. The molecule has 0 aromatic heterocycles. The zero-order valence-electron chi connectivity index (χ0n) is 9.20. The molecule has 2 atom stereocenters. The lowest BCUT2D eigenvalue weighted by Crippen LogP contribution is -2.52. The van der Waals surface area contributed by atoms with Gasteiger partial charge in [0, 0.05) is 0 Å². The molecule has 0 bridgehead atoms. The lowest BCUT2D eigenvalue weighted by Gasteiger charge is -2.37. The van der Waals surface area contributed by atoms with Crippen molar-refractivity contribution in [1.82, 2.24) is 0 Å². The summed E-state index contributed by atoms with van der Waals surface area (Å²) in [6, 6.07) is 0.